The molecular formula is C20H26N4O3. The molecule has 0 radical (unpaired) electrons. The van der Waals surface area contributed by atoms with Gasteiger partial charge in [0.05, 0.1) is 13.2 Å². The van der Waals surface area contributed by atoms with E-state index in [1.54, 1.807) is 18.1 Å². The highest BCUT2D eigenvalue weighted by molar-refractivity contribution is 5.93. The van der Waals surface area contributed by atoms with Gasteiger partial charge in [-0.25, -0.2) is 0 Å². The molecule has 1 aliphatic heterocycles. The summed E-state index contributed by atoms with van der Waals surface area (Å²) in [7, 11) is 1.64. The van der Waals surface area contributed by atoms with Gasteiger partial charge in [0.2, 0.25) is 5.91 Å². The Morgan fingerprint density at radius 2 is 2.11 bits per heavy atom. The van der Waals surface area contributed by atoms with Crippen LogP contribution in [0.15, 0.2) is 30.3 Å². The van der Waals surface area contributed by atoms with Gasteiger partial charge in [-0.05, 0) is 36.1 Å². The number of H-pyrrole nitrogens is 1. The van der Waals surface area contributed by atoms with Crippen molar-refractivity contribution in [1.82, 2.24) is 20.4 Å². The summed E-state index contributed by atoms with van der Waals surface area (Å²) in [6.07, 6.45) is 1.10. The Balaban J connectivity index is 1.51. The zero-order valence-corrected chi connectivity index (χ0v) is 16.0. The van der Waals surface area contributed by atoms with Crippen LogP contribution in [0.4, 0.5) is 0 Å². The van der Waals surface area contributed by atoms with Crippen LogP contribution in [0, 0.1) is 0 Å². The maximum atomic E-state index is 12.4. The monoisotopic (exact) mass is 370 g/mol. The number of benzene rings is 1. The van der Waals surface area contributed by atoms with Gasteiger partial charge in [0, 0.05) is 25.2 Å². The Kier molecular flexibility index (Phi) is 5.78. The first-order valence-electron chi connectivity index (χ1n) is 9.23. The number of hydrogen-bond donors (Lipinski definition) is 2. The highest BCUT2D eigenvalue weighted by Crippen LogP contribution is 2.16. The maximum Gasteiger partial charge on any atom is 0.272 e. The Morgan fingerprint density at radius 1 is 1.37 bits per heavy atom. The fourth-order valence-electron chi connectivity index (χ4n) is 3.15. The molecular weight excluding hydrogens is 344 g/mol. The molecule has 2 heterocycles. The molecule has 144 valence electrons. The summed E-state index contributed by atoms with van der Waals surface area (Å²) in [4.78, 5) is 26.4. The lowest BCUT2D eigenvalue weighted by atomic mass is 10.1. The minimum absolute atomic E-state index is 0.0682. The SMILES string of the molecule is COc1ccc(CCN2CC(NC(=O)c3cc(C(C)C)[nH]n3)CC2=O)cc1. The van der Waals surface area contributed by atoms with Crippen molar-refractivity contribution < 1.29 is 14.3 Å². The van der Waals surface area contributed by atoms with E-state index in [-0.39, 0.29) is 23.8 Å². The Bertz CT molecular complexity index is 798. The molecule has 7 nitrogen and oxygen atoms in total. The molecule has 27 heavy (non-hydrogen) atoms. The lowest BCUT2D eigenvalue weighted by Gasteiger charge is -2.17. The number of carbonyl (C=O) groups excluding carboxylic acids is 2. The summed E-state index contributed by atoms with van der Waals surface area (Å²) in [5.41, 5.74) is 2.43. The molecule has 2 amide bonds. The number of amides is 2. The number of hydrogen-bond acceptors (Lipinski definition) is 4. The van der Waals surface area contributed by atoms with E-state index in [1.807, 2.05) is 38.1 Å². The van der Waals surface area contributed by atoms with Gasteiger partial charge < -0.3 is 15.0 Å². The molecule has 0 saturated carbocycles. The van der Waals surface area contributed by atoms with Crippen LogP contribution in [0.25, 0.3) is 0 Å². The van der Waals surface area contributed by atoms with Crippen LogP contribution in [-0.2, 0) is 11.2 Å². The Labute approximate surface area is 159 Å². The molecule has 3 rings (SSSR count). The van der Waals surface area contributed by atoms with Crippen molar-refractivity contribution in [2.24, 2.45) is 0 Å². The minimum atomic E-state index is -0.243. The molecule has 2 aromatic rings. The van der Waals surface area contributed by atoms with Gasteiger partial charge in [0.15, 0.2) is 0 Å². The predicted octanol–water partition coefficient (Wildman–Crippen LogP) is 2.12. The molecule has 0 aliphatic carbocycles. The van der Waals surface area contributed by atoms with Crippen molar-refractivity contribution in [2.45, 2.75) is 38.6 Å². The third-order valence-corrected chi connectivity index (χ3v) is 4.83. The van der Waals surface area contributed by atoms with Crippen molar-refractivity contribution >= 4 is 11.8 Å². The number of ether oxygens (including phenoxy) is 1. The van der Waals surface area contributed by atoms with Crippen LogP contribution in [0.3, 0.4) is 0 Å². The zero-order valence-electron chi connectivity index (χ0n) is 16.0. The molecule has 0 bridgehead atoms. The molecule has 1 fully saturated rings. The standard InChI is InChI=1S/C20H26N4O3/c1-13(2)17-11-18(23-22-17)20(26)21-15-10-19(25)24(12-15)9-8-14-4-6-16(27-3)7-5-14/h4-7,11,13,15H,8-10,12H2,1-3H3,(H,21,26)(H,22,23). The van der Waals surface area contributed by atoms with Gasteiger partial charge in [0.1, 0.15) is 11.4 Å². The fraction of sp³-hybridized carbons (Fsp3) is 0.450. The van der Waals surface area contributed by atoms with Gasteiger partial charge >= 0.3 is 0 Å². The largest absolute Gasteiger partial charge is 0.497 e. The zero-order chi connectivity index (χ0) is 19.4. The van der Waals surface area contributed by atoms with E-state index < -0.39 is 0 Å². The molecule has 0 spiro atoms. The molecule has 1 unspecified atom stereocenters. The molecule has 1 aromatic heterocycles. The number of nitrogens with zero attached hydrogens (tertiary/aromatic N) is 2. The average Bonchev–Trinajstić information content (AvgIpc) is 3.27. The molecule has 1 aromatic carbocycles. The van der Waals surface area contributed by atoms with Crippen LogP contribution in [-0.4, -0.2) is 53.2 Å². The Hall–Kier alpha value is -2.83. The maximum absolute atomic E-state index is 12.4. The van der Waals surface area contributed by atoms with E-state index in [0.29, 0.717) is 25.2 Å². The van der Waals surface area contributed by atoms with Crippen molar-refractivity contribution in [1.29, 1.82) is 0 Å². The topological polar surface area (TPSA) is 87.3 Å². The number of nitrogens with one attached hydrogen (secondary N) is 2. The molecule has 7 heteroatoms. The summed E-state index contributed by atoms with van der Waals surface area (Å²) in [5, 5.41) is 9.86. The van der Waals surface area contributed by atoms with Gasteiger partial charge in [-0.1, -0.05) is 26.0 Å². The second-order valence-electron chi connectivity index (χ2n) is 7.18. The van der Waals surface area contributed by atoms with E-state index >= 15 is 0 Å². The van der Waals surface area contributed by atoms with E-state index in [0.717, 1.165) is 23.4 Å². The summed E-state index contributed by atoms with van der Waals surface area (Å²) in [6, 6.07) is 9.42. The van der Waals surface area contributed by atoms with Crippen LogP contribution < -0.4 is 10.1 Å². The van der Waals surface area contributed by atoms with E-state index in [4.69, 9.17) is 4.74 Å². The molecule has 1 saturated heterocycles. The number of likely N-dealkylation sites (tertiary alicyclic amines) is 1. The fourth-order valence-corrected chi connectivity index (χ4v) is 3.15. The second kappa shape index (κ2) is 8.24. The lowest BCUT2D eigenvalue weighted by molar-refractivity contribution is -0.127. The summed E-state index contributed by atoms with van der Waals surface area (Å²) in [5.74, 6) is 0.921. The third-order valence-electron chi connectivity index (χ3n) is 4.83. The number of rotatable bonds is 7. The lowest BCUT2D eigenvalue weighted by Crippen LogP contribution is -2.37. The van der Waals surface area contributed by atoms with Gasteiger partial charge in [-0.3, -0.25) is 14.7 Å². The third kappa shape index (κ3) is 4.67. The van der Waals surface area contributed by atoms with E-state index in [9.17, 15) is 9.59 Å². The van der Waals surface area contributed by atoms with Crippen molar-refractivity contribution in [3.8, 4) is 5.75 Å². The minimum Gasteiger partial charge on any atom is -0.497 e. The predicted molar refractivity (Wildman–Crippen MR) is 102 cm³/mol. The van der Waals surface area contributed by atoms with Gasteiger partial charge in [-0.15, -0.1) is 0 Å². The average molecular weight is 370 g/mol. The first-order chi connectivity index (χ1) is 13.0. The summed E-state index contributed by atoms with van der Waals surface area (Å²) >= 11 is 0. The number of aromatic amines is 1. The normalized spacial score (nSPS) is 16.8. The second-order valence-corrected chi connectivity index (χ2v) is 7.18. The van der Waals surface area contributed by atoms with Crippen molar-refractivity contribution in [3.05, 3.63) is 47.3 Å². The first kappa shape index (κ1) is 18.9. The van der Waals surface area contributed by atoms with Crippen LogP contribution in [0.1, 0.15) is 47.9 Å². The highest BCUT2D eigenvalue weighted by Gasteiger charge is 2.30. The highest BCUT2D eigenvalue weighted by atomic mass is 16.5. The molecule has 2 N–H and O–H groups in total. The molecule has 1 atom stereocenters. The number of carbonyl (C=O) groups is 2. The Morgan fingerprint density at radius 3 is 2.74 bits per heavy atom. The quantitative estimate of drug-likeness (QED) is 0.781. The number of aromatic nitrogens is 2. The van der Waals surface area contributed by atoms with Crippen LogP contribution in [0.2, 0.25) is 0 Å². The molecule has 1 aliphatic rings. The van der Waals surface area contributed by atoms with Crippen LogP contribution >= 0.6 is 0 Å². The van der Waals surface area contributed by atoms with Gasteiger partial charge in [-0.2, -0.15) is 5.10 Å². The van der Waals surface area contributed by atoms with Crippen molar-refractivity contribution in [2.75, 3.05) is 20.2 Å². The van der Waals surface area contributed by atoms with E-state index in [2.05, 4.69) is 15.5 Å². The van der Waals surface area contributed by atoms with Gasteiger partial charge in [0.25, 0.3) is 5.91 Å². The summed E-state index contributed by atoms with van der Waals surface area (Å²) < 4.78 is 5.15. The first-order valence-corrected chi connectivity index (χ1v) is 9.23. The van der Waals surface area contributed by atoms with Crippen LogP contribution in [0.5, 0.6) is 5.75 Å². The smallest absolute Gasteiger partial charge is 0.272 e. The number of methoxy groups -OCH3 is 1. The van der Waals surface area contributed by atoms with E-state index in [1.165, 1.54) is 0 Å². The summed E-state index contributed by atoms with van der Waals surface area (Å²) in [6.45, 7) is 5.23. The van der Waals surface area contributed by atoms with Crippen molar-refractivity contribution in [3.63, 3.8) is 0 Å².